The van der Waals surface area contributed by atoms with Crippen LogP contribution in [0, 0.1) is 18.3 Å². The molecule has 0 aromatic heterocycles. The van der Waals surface area contributed by atoms with Crippen LogP contribution >= 0.6 is 0 Å². The van der Waals surface area contributed by atoms with Crippen LogP contribution < -0.4 is 5.32 Å². The van der Waals surface area contributed by atoms with Crippen molar-refractivity contribution in [1.29, 1.82) is 5.26 Å². The highest BCUT2D eigenvalue weighted by Gasteiger charge is 2.13. The van der Waals surface area contributed by atoms with Crippen LogP contribution in [-0.4, -0.2) is 17.0 Å². The van der Waals surface area contributed by atoms with Crippen LogP contribution in [0.2, 0.25) is 0 Å². The summed E-state index contributed by atoms with van der Waals surface area (Å²) < 4.78 is 0. The van der Waals surface area contributed by atoms with Gasteiger partial charge in [-0.3, -0.25) is 4.79 Å². The largest absolute Gasteiger partial charge is 0.474 e. The molecule has 0 aliphatic carbocycles. The van der Waals surface area contributed by atoms with Gasteiger partial charge in [-0.25, -0.2) is 4.79 Å². The summed E-state index contributed by atoms with van der Waals surface area (Å²) in [5.41, 5.74) is 1.16. The molecule has 5 nitrogen and oxygen atoms in total. The van der Waals surface area contributed by atoms with E-state index in [0.717, 1.165) is 0 Å². The van der Waals surface area contributed by atoms with Crippen LogP contribution in [0.25, 0.3) is 0 Å². The average Bonchev–Trinajstić information content (AvgIpc) is 2.18. The number of hydrogen-bond acceptors (Lipinski definition) is 3. The Morgan fingerprint density at radius 2 is 2.13 bits per heavy atom. The predicted molar refractivity (Wildman–Crippen MR) is 52.2 cm³/mol. The molecular weight excluding hydrogens is 196 g/mol. The van der Waals surface area contributed by atoms with Crippen molar-refractivity contribution in [2.24, 2.45) is 0 Å². The summed E-state index contributed by atoms with van der Waals surface area (Å²) in [7, 11) is 0. The zero-order valence-electron chi connectivity index (χ0n) is 7.94. The van der Waals surface area contributed by atoms with E-state index in [1.807, 2.05) is 6.07 Å². The van der Waals surface area contributed by atoms with Gasteiger partial charge in [0.05, 0.1) is 11.3 Å². The first-order valence-corrected chi connectivity index (χ1v) is 4.10. The van der Waals surface area contributed by atoms with E-state index in [1.54, 1.807) is 19.1 Å². The number of anilines is 1. The van der Waals surface area contributed by atoms with E-state index >= 15 is 0 Å². The molecule has 0 radical (unpaired) electrons. The second-order valence-electron chi connectivity index (χ2n) is 2.87. The molecule has 76 valence electrons. The minimum Gasteiger partial charge on any atom is -0.474 e. The Morgan fingerprint density at radius 3 is 2.67 bits per heavy atom. The minimum absolute atomic E-state index is 0.213. The minimum atomic E-state index is -1.58. The van der Waals surface area contributed by atoms with Crippen molar-refractivity contribution in [2.45, 2.75) is 6.92 Å². The number of carbonyl (C=O) groups excluding carboxylic acids is 1. The van der Waals surface area contributed by atoms with Crippen molar-refractivity contribution in [1.82, 2.24) is 0 Å². The molecule has 0 aliphatic rings. The third kappa shape index (κ3) is 2.31. The number of benzene rings is 1. The van der Waals surface area contributed by atoms with Gasteiger partial charge in [-0.05, 0) is 18.6 Å². The summed E-state index contributed by atoms with van der Waals surface area (Å²) in [5.74, 6) is -2.74. The molecule has 0 aliphatic heterocycles. The zero-order valence-corrected chi connectivity index (χ0v) is 7.94. The number of carbonyl (C=O) groups is 2. The third-order valence-electron chi connectivity index (χ3n) is 1.83. The van der Waals surface area contributed by atoms with Crippen LogP contribution in [-0.2, 0) is 9.59 Å². The number of nitrogens with one attached hydrogen (secondary N) is 1. The number of rotatable bonds is 1. The molecule has 0 heterocycles. The number of carboxylic acid groups (broad SMARTS) is 1. The molecule has 0 atom stereocenters. The lowest BCUT2D eigenvalue weighted by Gasteiger charge is -2.05. The molecule has 15 heavy (non-hydrogen) atoms. The molecule has 2 N–H and O–H groups in total. The van der Waals surface area contributed by atoms with Gasteiger partial charge < -0.3 is 10.4 Å². The normalized spacial score (nSPS) is 9.07. The van der Waals surface area contributed by atoms with Crippen molar-refractivity contribution in [3.63, 3.8) is 0 Å². The summed E-state index contributed by atoms with van der Waals surface area (Å²) in [6.07, 6.45) is 0. The number of nitriles is 1. The lowest BCUT2D eigenvalue weighted by molar-refractivity contribution is -0.147. The van der Waals surface area contributed by atoms with Crippen molar-refractivity contribution >= 4 is 17.6 Å². The van der Waals surface area contributed by atoms with Crippen LogP contribution in [0.4, 0.5) is 5.69 Å². The maximum Gasteiger partial charge on any atom is 0.394 e. The highest BCUT2D eigenvalue weighted by atomic mass is 16.4. The first-order valence-electron chi connectivity index (χ1n) is 4.10. The fraction of sp³-hybridized carbons (Fsp3) is 0.100. The second-order valence-corrected chi connectivity index (χ2v) is 2.87. The summed E-state index contributed by atoms with van der Waals surface area (Å²) in [6.45, 7) is 1.70. The number of nitrogens with zero attached hydrogens (tertiary/aromatic N) is 1. The van der Waals surface area contributed by atoms with Crippen molar-refractivity contribution < 1.29 is 14.7 Å². The molecule has 0 fully saturated rings. The fourth-order valence-electron chi connectivity index (χ4n) is 1.10. The molecular formula is C10H8N2O3. The van der Waals surface area contributed by atoms with Gasteiger partial charge in [-0.2, -0.15) is 5.26 Å². The number of aliphatic carboxylic acids is 1. The van der Waals surface area contributed by atoms with E-state index in [0.29, 0.717) is 5.56 Å². The molecule has 1 amide bonds. The Kier molecular flexibility index (Phi) is 3.03. The van der Waals surface area contributed by atoms with Crippen molar-refractivity contribution in [3.8, 4) is 6.07 Å². The average molecular weight is 204 g/mol. The van der Waals surface area contributed by atoms with E-state index in [4.69, 9.17) is 10.4 Å². The number of carboxylic acids is 1. The Hall–Kier alpha value is -2.35. The summed E-state index contributed by atoms with van der Waals surface area (Å²) in [5, 5.41) is 19.3. The lowest BCUT2D eigenvalue weighted by Crippen LogP contribution is -2.22. The highest BCUT2D eigenvalue weighted by molar-refractivity contribution is 6.36. The smallest absolute Gasteiger partial charge is 0.394 e. The number of aryl methyl sites for hydroxylation is 1. The van der Waals surface area contributed by atoms with Gasteiger partial charge in [0, 0.05) is 0 Å². The molecule has 5 heteroatoms. The van der Waals surface area contributed by atoms with Gasteiger partial charge in [0.25, 0.3) is 0 Å². The van der Waals surface area contributed by atoms with Crippen molar-refractivity contribution in [3.05, 3.63) is 29.3 Å². The third-order valence-corrected chi connectivity index (χ3v) is 1.83. The molecule has 1 aromatic rings. The SMILES string of the molecule is Cc1cccc(NC(=O)C(=O)O)c1C#N. The molecule has 1 rings (SSSR count). The molecule has 1 aromatic carbocycles. The quantitative estimate of drug-likeness (QED) is 0.664. The topological polar surface area (TPSA) is 90.2 Å². The van der Waals surface area contributed by atoms with Gasteiger partial charge in [0.2, 0.25) is 0 Å². The predicted octanol–water partition coefficient (Wildman–Crippen LogP) is 0.890. The maximum atomic E-state index is 10.9. The Bertz CT molecular complexity index is 460. The van der Waals surface area contributed by atoms with E-state index in [9.17, 15) is 9.59 Å². The summed E-state index contributed by atoms with van der Waals surface area (Å²) in [4.78, 5) is 21.2. The second kappa shape index (κ2) is 4.24. The van der Waals surface area contributed by atoms with Gasteiger partial charge in [0.1, 0.15) is 6.07 Å². The Labute approximate surface area is 86.0 Å². The van der Waals surface area contributed by atoms with E-state index in [1.165, 1.54) is 6.07 Å². The van der Waals surface area contributed by atoms with Crippen LogP contribution in [0.3, 0.4) is 0 Å². The van der Waals surface area contributed by atoms with Gasteiger partial charge in [-0.15, -0.1) is 0 Å². The molecule has 0 bridgehead atoms. The molecule has 0 spiro atoms. The van der Waals surface area contributed by atoms with Crippen LogP contribution in [0.1, 0.15) is 11.1 Å². The lowest BCUT2D eigenvalue weighted by atomic mass is 10.1. The molecule has 0 saturated heterocycles. The van der Waals surface area contributed by atoms with Crippen LogP contribution in [0.15, 0.2) is 18.2 Å². The van der Waals surface area contributed by atoms with E-state index < -0.39 is 11.9 Å². The fourth-order valence-corrected chi connectivity index (χ4v) is 1.10. The van der Waals surface area contributed by atoms with Crippen LogP contribution in [0.5, 0.6) is 0 Å². The van der Waals surface area contributed by atoms with E-state index in [2.05, 4.69) is 5.32 Å². The molecule has 0 saturated carbocycles. The molecule has 0 unspecified atom stereocenters. The number of amides is 1. The van der Waals surface area contributed by atoms with Gasteiger partial charge in [-0.1, -0.05) is 12.1 Å². The number of hydrogen-bond donors (Lipinski definition) is 2. The zero-order chi connectivity index (χ0) is 11.4. The standard InChI is InChI=1S/C10H8N2O3/c1-6-3-2-4-8(7(6)5-11)12-9(13)10(14)15/h2-4H,1H3,(H,12,13)(H,14,15). The summed E-state index contributed by atoms with van der Waals surface area (Å²) >= 11 is 0. The van der Waals surface area contributed by atoms with E-state index in [-0.39, 0.29) is 11.3 Å². The Morgan fingerprint density at radius 1 is 1.47 bits per heavy atom. The maximum absolute atomic E-state index is 10.9. The Balaban J connectivity index is 3.06. The van der Waals surface area contributed by atoms with Crippen molar-refractivity contribution in [2.75, 3.05) is 5.32 Å². The first kappa shape index (κ1) is 10.7. The van der Waals surface area contributed by atoms with Gasteiger partial charge >= 0.3 is 11.9 Å². The monoisotopic (exact) mass is 204 g/mol. The highest BCUT2D eigenvalue weighted by Crippen LogP contribution is 2.17. The first-order chi connectivity index (χ1) is 7.06. The summed E-state index contributed by atoms with van der Waals surface area (Å²) in [6, 6.07) is 6.71. The van der Waals surface area contributed by atoms with Gasteiger partial charge in [0.15, 0.2) is 0 Å².